The summed E-state index contributed by atoms with van der Waals surface area (Å²) in [5.41, 5.74) is 7.70. The lowest BCUT2D eigenvalue weighted by Crippen LogP contribution is -2.05. The second kappa shape index (κ2) is 10.9. The molecule has 0 spiro atoms. The number of benzene rings is 2. The summed E-state index contributed by atoms with van der Waals surface area (Å²) in [7, 11) is 0. The Morgan fingerprint density at radius 1 is 0.882 bits per heavy atom. The molecule has 0 fully saturated rings. The van der Waals surface area contributed by atoms with Crippen molar-refractivity contribution >= 4 is 11.6 Å². The number of rotatable bonds is 9. The molecule has 0 radical (unpaired) electrons. The van der Waals surface area contributed by atoms with E-state index in [1.54, 1.807) is 30.7 Å². The van der Waals surface area contributed by atoms with Crippen LogP contribution >= 0.6 is 0 Å². The van der Waals surface area contributed by atoms with Crippen molar-refractivity contribution < 1.29 is 9.59 Å². The Labute approximate surface area is 198 Å². The number of nitrogens with zero attached hydrogens (tertiary/aromatic N) is 3. The van der Waals surface area contributed by atoms with E-state index in [0.717, 1.165) is 27.9 Å². The van der Waals surface area contributed by atoms with Crippen LogP contribution in [0.4, 0.5) is 0 Å². The fraction of sp³-hybridized carbons (Fsp3) is 0.103. The smallest absolute Gasteiger partial charge is 0.167 e. The first-order chi connectivity index (χ1) is 16.6. The molecule has 0 amide bonds. The van der Waals surface area contributed by atoms with E-state index in [2.05, 4.69) is 27.3 Å². The maximum Gasteiger partial charge on any atom is 0.167 e. The van der Waals surface area contributed by atoms with E-state index in [0.29, 0.717) is 24.2 Å². The van der Waals surface area contributed by atoms with E-state index in [1.165, 1.54) is 6.08 Å². The number of hydrogen-bond acceptors (Lipinski definition) is 5. The van der Waals surface area contributed by atoms with Gasteiger partial charge in [0.15, 0.2) is 11.6 Å². The number of carbonyl (C=O) groups excluding carboxylic acids is 2. The molecule has 34 heavy (non-hydrogen) atoms. The quantitative estimate of drug-likeness (QED) is 0.206. The fourth-order valence-electron chi connectivity index (χ4n) is 3.65. The van der Waals surface area contributed by atoms with Crippen LogP contribution in [0, 0.1) is 0 Å². The van der Waals surface area contributed by atoms with Crippen molar-refractivity contribution in [1.82, 2.24) is 15.0 Å². The molecule has 2 aromatic carbocycles. The summed E-state index contributed by atoms with van der Waals surface area (Å²) in [5, 5.41) is 0. The first-order valence-electron chi connectivity index (χ1n) is 10.9. The number of carbonyl (C=O) groups is 2. The molecule has 0 N–H and O–H groups in total. The van der Waals surface area contributed by atoms with E-state index in [9.17, 15) is 9.59 Å². The van der Waals surface area contributed by atoms with Crippen LogP contribution in [-0.4, -0.2) is 26.5 Å². The zero-order valence-corrected chi connectivity index (χ0v) is 18.6. The van der Waals surface area contributed by atoms with Crippen molar-refractivity contribution in [3.63, 3.8) is 0 Å². The van der Waals surface area contributed by atoms with Gasteiger partial charge in [-0.25, -0.2) is 9.97 Å². The minimum absolute atomic E-state index is 0.0239. The summed E-state index contributed by atoms with van der Waals surface area (Å²) in [5.74, 6) is 0.665. The van der Waals surface area contributed by atoms with Crippen LogP contribution in [0.25, 0.3) is 11.3 Å². The zero-order chi connectivity index (χ0) is 23.8. The Morgan fingerprint density at radius 3 is 2.47 bits per heavy atom. The summed E-state index contributed by atoms with van der Waals surface area (Å²) in [6, 6.07) is 20.8. The van der Waals surface area contributed by atoms with Gasteiger partial charge in [0.05, 0.1) is 5.69 Å². The number of ketones is 2. The molecule has 166 valence electrons. The molecule has 0 aliphatic carbocycles. The third kappa shape index (κ3) is 6.06. The summed E-state index contributed by atoms with van der Waals surface area (Å²) in [6.07, 6.45) is 7.72. The third-order valence-electron chi connectivity index (χ3n) is 5.30. The highest BCUT2D eigenvalue weighted by Crippen LogP contribution is 2.17. The van der Waals surface area contributed by atoms with Gasteiger partial charge >= 0.3 is 0 Å². The van der Waals surface area contributed by atoms with E-state index < -0.39 is 0 Å². The van der Waals surface area contributed by atoms with Gasteiger partial charge in [0.25, 0.3) is 0 Å². The third-order valence-corrected chi connectivity index (χ3v) is 5.30. The molecule has 2 aromatic heterocycles. The molecule has 0 aliphatic heterocycles. The van der Waals surface area contributed by atoms with Crippen molar-refractivity contribution in [1.29, 1.82) is 0 Å². The molecule has 0 bridgehead atoms. The Kier molecular flexibility index (Phi) is 7.28. The van der Waals surface area contributed by atoms with Crippen LogP contribution in [0.5, 0.6) is 0 Å². The zero-order valence-electron chi connectivity index (χ0n) is 18.6. The maximum absolute atomic E-state index is 12.8. The molecule has 2 heterocycles. The predicted molar refractivity (Wildman–Crippen MR) is 131 cm³/mol. The predicted octanol–water partition coefficient (Wildman–Crippen LogP) is 5.01. The Bertz CT molecular complexity index is 1360. The fourth-order valence-corrected chi connectivity index (χ4v) is 3.65. The Hall–Kier alpha value is -4.47. The lowest BCUT2D eigenvalue weighted by molar-refractivity contribution is -0.114. The highest BCUT2D eigenvalue weighted by molar-refractivity contribution is 5.97. The molecular formula is C29H23N3O2. The second-order valence-electron chi connectivity index (χ2n) is 7.88. The number of hydrogen-bond donors (Lipinski definition) is 0. The van der Waals surface area contributed by atoms with Crippen molar-refractivity contribution in [2.75, 3.05) is 0 Å². The van der Waals surface area contributed by atoms with E-state index in [-0.39, 0.29) is 18.0 Å². The molecule has 4 rings (SSSR count). The monoisotopic (exact) mass is 445 g/mol. The lowest BCUT2D eigenvalue weighted by Gasteiger charge is -2.07. The number of Topliss-reactive ketones (excluding diaryl/α,β-unsaturated/α-hetero) is 1. The lowest BCUT2D eigenvalue weighted by atomic mass is 9.99. The van der Waals surface area contributed by atoms with Gasteiger partial charge in [0.2, 0.25) is 0 Å². The maximum atomic E-state index is 12.8. The van der Waals surface area contributed by atoms with E-state index >= 15 is 0 Å². The Balaban J connectivity index is 1.42. The molecule has 0 aliphatic rings. The van der Waals surface area contributed by atoms with E-state index in [1.807, 2.05) is 54.6 Å². The van der Waals surface area contributed by atoms with Gasteiger partial charge in [-0.2, -0.15) is 0 Å². The number of aromatic nitrogens is 3. The van der Waals surface area contributed by atoms with Gasteiger partial charge < -0.3 is 0 Å². The van der Waals surface area contributed by atoms with Crippen LogP contribution in [0.1, 0.15) is 32.9 Å². The standard InChI is InChI=1S/C29H23N3O2/c1-2-5-26(33)17-21-9-11-24(12-10-21)28(34)18-22-6-3-7-23(16-22)19-29-31-15-13-27(32-29)25-8-4-14-30-20-25/h3-16,20H,1,17-19H2. The molecule has 0 saturated heterocycles. The van der Waals surface area contributed by atoms with E-state index in [4.69, 9.17) is 0 Å². The second-order valence-corrected chi connectivity index (χ2v) is 7.88. The highest BCUT2D eigenvalue weighted by Gasteiger charge is 2.10. The van der Waals surface area contributed by atoms with Crippen molar-refractivity contribution in [2.45, 2.75) is 19.3 Å². The number of allylic oxidation sites excluding steroid dienone is 1. The largest absolute Gasteiger partial charge is 0.294 e. The highest BCUT2D eigenvalue weighted by atomic mass is 16.1. The summed E-state index contributed by atoms with van der Waals surface area (Å²) in [4.78, 5) is 37.7. The average Bonchev–Trinajstić information content (AvgIpc) is 2.85. The van der Waals surface area contributed by atoms with Crippen LogP contribution in [0.15, 0.2) is 104 Å². The van der Waals surface area contributed by atoms with Crippen LogP contribution in [0.3, 0.4) is 0 Å². The normalized spacial score (nSPS) is 10.4. The summed E-state index contributed by atoms with van der Waals surface area (Å²) < 4.78 is 0. The van der Waals surface area contributed by atoms with Crippen LogP contribution in [0.2, 0.25) is 0 Å². The topological polar surface area (TPSA) is 72.8 Å². The van der Waals surface area contributed by atoms with Gasteiger partial charge in [-0.3, -0.25) is 14.6 Å². The van der Waals surface area contributed by atoms with Crippen LogP contribution < -0.4 is 0 Å². The molecule has 0 atom stereocenters. The molecule has 5 heteroatoms. The number of pyridine rings is 1. The first kappa shape index (κ1) is 22.7. The minimum Gasteiger partial charge on any atom is -0.294 e. The van der Waals surface area contributed by atoms with Crippen molar-refractivity contribution in [2.24, 2.45) is 0 Å². The first-order valence-corrected chi connectivity index (χ1v) is 10.9. The average molecular weight is 446 g/mol. The summed E-state index contributed by atoms with van der Waals surface area (Å²) in [6.45, 7) is 3.41. The van der Waals surface area contributed by atoms with Gasteiger partial charge in [-0.15, -0.1) is 5.73 Å². The van der Waals surface area contributed by atoms with Gasteiger partial charge in [-0.1, -0.05) is 55.1 Å². The van der Waals surface area contributed by atoms with Crippen molar-refractivity contribution in [3.8, 4) is 11.3 Å². The van der Waals surface area contributed by atoms with Gasteiger partial charge in [0, 0.05) is 55.1 Å². The molecule has 5 nitrogen and oxygen atoms in total. The molecule has 0 unspecified atom stereocenters. The van der Waals surface area contributed by atoms with Gasteiger partial charge in [-0.05, 0) is 34.9 Å². The molecule has 4 aromatic rings. The molecular weight excluding hydrogens is 422 g/mol. The SMILES string of the molecule is C=C=CC(=O)Cc1ccc(C(=O)Cc2cccc(Cc3nccc(-c4cccnc4)n3)c2)cc1. The van der Waals surface area contributed by atoms with Gasteiger partial charge in [0.1, 0.15) is 5.82 Å². The van der Waals surface area contributed by atoms with Crippen LogP contribution in [-0.2, 0) is 24.1 Å². The Morgan fingerprint density at radius 2 is 1.71 bits per heavy atom. The minimum atomic E-state index is -0.0687. The van der Waals surface area contributed by atoms with Crippen molar-refractivity contribution in [3.05, 3.63) is 132 Å². The molecule has 0 saturated carbocycles. The summed E-state index contributed by atoms with van der Waals surface area (Å²) >= 11 is 0.